The molecule has 0 aromatic heterocycles. The maximum Gasteiger partial charge on any atom is 0.224 e. The minimum absolute atomic E-state index is 0.0336. The lowest BCUT2D eigenvalue weighted by atomic mass is 9.88. The van der Waals surface area contributed by atoms with Crippen molar-refractivity contribution in [3.8, 4) is 0 Å². The summed E-state index contributed by atoms with van der Waals surface area (Å²) in [6.07, 6.45) is 9.18. The minimum atomic E-state index is -0.280. The number of rotatable bonds is 18. The number of nitrogens with one attached hydrogen (secondary N) is 3. The van der Waals surface area contributed by atoms with Crippen LogP contribution < -0.4 is 16.0 Å². The van der Waals surface area contributed by atoms with Gasteiger partial charge in [0.1, 0.15) is 5.82 Å². The number of hydrogen-bond acceptors (Lipinski definition) is 5. The molecule has 1 amide bonds. The molecule has 1 fully saturated rings. The molecule has 41 heavy (non-hydrogen) atoms. The average molecular weight is 606 g/mol. The first kappa shape index (κ1) is 33.9. The summed E-state index contributed by atoms with van der Waals surface area (Å²) in [5, 5.41) is 10.8. The Hall–Kier alpha value is -1.64. The third-order valence-electron chi connectivity index (χ3n) is 8.02. The van der Waals surface area contributed by atoms with Crippen LogP contribution in [0.1, 0.15) is 88.7 Å². The highest BCUT2D eigenvalue weighted by Gasteiger charge is 2.22. The van der Waals surface area contributed by atoms with Gasteiger partial charge in [0, 0.05) is 47.9 Å². The van der Waals surface area contributed by atoms with E-state index >= 15 is 0 Å². The van der Waals surface area contributed by atoms with Crippen LogP contribution in [0.5, 0.6) is 0 Å². The van der Waals surface area contributed by atoms with Gasteiger partial charge >= 0.3 is 0 Å². The van der Waals surface area contributed by atoms with Crippen LogP contribution in [0.3, 0.4) is 0 Å². The molecule has 5 nitrogen and oxygen atoms in total. The van der Waals surface area contributed by atoms with Crippen LogP contribution in [0, 0.1) is 5.82 Å². The number of thiol groups is 1. The molecule has 8 heteroatoms. The minimum Gasteiger partial charge on any atom is -0.378 e. The van der Waals surface area contributed by atoms with Gasteiger partial charge in [-0.2, -0.15) is 12.6 Å². The van der Waals surface area contributed by atoms with Crippen molar-refractivity contribution in [2.45, 2.75) is 102 Å². The number of hydrogen-bond donors (Lipinski definition) is 4. The Balaban J connectivity index is 1.59. The molecule has 1 saturated heterocycles. The monoisotopic (exact) mass is 605 g/mol. The van der Waals surface area contributed by atoms with Crippen molar-refractivity contribution in [3.05, 3.63) is 64.4 Å². The first-order chi connectivity index (χ1) is 19.9. The second-order valence-electron chi connectivity index (χ2n) is 11.3. The number of benzene rings is 2. The van der Waals surface area contributed by atoms with E-state index in [2.05, 4.69) is 42.4 Å². The molecule has 0 spiro atoms. The molecule has 0 aliphatic carbocycles. The fraction of sp³-hybridized carbons (Fsp3) is 0.606. The summed E-state index contributed by atoms with van der Waals surface area (Å²) in [7, 11) is 0. The van der Waals surface area contributed by atoms with Gasteiger partial charge in [-0.05, 0) is 113 Å². The molecule has 2 aromatic rings. The number of carbonyl (C=O) groups is 1. The lowest BCUT2D eigenvalue weighted by Crippen LogP contribution is -2.41. The molecule has 0 bridgehead atoms. The van der Waals surface area contributed by atoms with Crippen molar-refractivity contribution in [1.29, 1.82) is 0 Å². The topological polar surface area (TPSA) is 62.4 Å². The molecule has 0 radical (unpaired) electrons. The molecule has 1 aliphatic rings. The molecule has 4 unspecified atom stereocenters. The Morgan fingerprint density at radius 1 is 1.12 bits per heavy atom. The standard InChI is InChI=1S/C33H49ClFN3O2S/c1-3-36-28(8-7-21-41)23-37-24(2)12-19-30-31(35)10-6-11-32(30)38-33(39)22-26(25-13-16-27(34)17-14-25)15-18-29-9-4-5-20-40-29/h6,10-11,13-14,16-17,24,26,28-29,36-37,41H,3-5,7-9,12,15,18-23H2,1-2H3,(H,38,39). The Morgan fingerprint density at radius 3 is 2.63 bits per heavy atom. The lowest BCUT2D eigenvalue weighted by Gasteiger charge is -2.25. The lowest BCUT2D eigenvalue weighted by molar-refractivity contribution is -0.116. The average Bonchev–Trinajstić information content (AvgIpc) is 2.97. The van der Waals surface area contributed by atoms with Gasteiger partial charge in [-0.3, -0.25) is 4.79 Å². The smallest absolute Gasteiger partial charge is 0.224 e. The number of amides is 1. The van der Waals surface area contributed by atoms with Crippen LogP contribution in [-0.2, 0) is 16.0 Å². The van der Waals surface area contributed by atoms with Crippen molar-refractivity contribution in [1.82, 2.24) is 10.6 Å². The highest BCUT2D eigenvalue weighted by Crippen LogP contribution is 2.30. The Kier molecular flexibility index (Phi) is 15.5. The number of carbonyl (C=O) groups excluding carboxylic acids is 1. The van der Waals surface area contributed by atoms with Gasteiger partial charge in [0.05, 0.1) is 6.10 Å². The number of anilines is 1. The summed E-state index contributed by atoms with van der Waals surface area (Å²) in [4.78, 5) is 13.3. The van der Waals surface area contributed by atoms with Crippen LogP contribution in [-0.4, -0.2) is 49.5 Å². The summed E-state index contributed by atoms with van der Waals surface area (Å²) in [5.74, 6) is 0.531. The highest BCUT2D eigenvalue weighted by molar-refractivity contribution is 7.80. The zero-order chi connectivity index (χ0) is 29.5. The van der Waals surface area contributed by atoms with Crippen molar-refractivity contribution in [2.24, 2.45) is 0 Å². The predicted octanol–water partition coefficient (Wildman–Crippen LogP) is 7.54. The van der Waals surface area contributed by atoms with Gasteiger partial charge in [-0.25, -0.2) is 4.39 Å². The zero-order valence-electron chi connectivity index (χ0n) is 24.8. The molecule has 1 heterocycles. The molecule has 3 rings (SSSR count). The van der Waals surface area contributed by atoms with Crippen LogP contribution in [0.25, 0.3) is 0 Å². The molecular weight excluding hydrogens is 557 g/mol. The molecule has 4 atom stereocenters. The largest absolute Gasteiger partial charge is 0.378 e. The highest BCUT2D eigenvalue weighted by atomic mass is 35.5. The number of halogens is 2. The van der Waals surface area contributed by atoms with Gasteiger partial charge in [0.25, 0.3) is 0 Å². The third-order valence-corrected chi connectivity index (χ3v) is 8.59. The van der Waals surface area contributed by atoms with E-state index in [9.17, 15) is 9.18 Å². The van der Waals surface area contributed by atoms with Gasteiger partial charge < -0.3 is 20.7 Å². The van der Waals surface area contributed by atoms with Gasteiger partial charge in [-0.15, -0.1) is 0 Å². The van der Waals surface area contributed by atoms with Gasteiger partial charge in [0.15, 0.2) is 0 Å². The number of ether oxygens (including phenoxy) is 1. The maximum atomic E-state index is 15.0. The summed E-state index contributed by atoms with van der Waals surface area (Å²) in [6.45, 7) is 6.86. The van der Waals surface area contributed by atoms with Gasteiger partial charge in [-0.1, -0.05) is 36.7 Å². The predicted molar refractivity (Wildman–Crippen MR) is 173 cm³/mol. The molecule has 2 aromatic carbocycles. The van der Waals surface area contributed by atoms with E-state index in [4.69, 9.17) is 16.3 Å². The third kappa shape index (κ3) is 12.2. The quantitative estimate of drug-likeness (QED) is 0.133. The molecule has 0 saturated carbocycles. The van der Waals surface area contributed by atoms with E-state index in [0.29, 0.717) is 35.2 Å². The molecule has 228 valence electrons. The summed E-state index contributed by atoms with van der Waals surface area (Å²) in [5.41, 5.74) is 2.21. The fourth-order valence-corrected chi connectivity index (χ4v) is 5.92. The van der Waals surface area contributed by atoms with Crippen LogP contribution in [0.4, 0.5) is 10.1 Å². The van der Waals surface area contributed by atoms with E-state index in [0.717, 1.165) is 76.0 Å². The Bertz CT molecular complexity index is 1040. The summed E-state index contributed by atoms with van der Waals surface area (Å²) in [6, 6.07) is 13.3. The molecular formula is C33H49ClFN3O2S. The van der Waals surface area contributed by atoms with Crippen LogP contribution >= 0.6 is 24.2 Å². The second-order valence-corrected chi connectivity index (χ2v) is 12.2. The fourth-order valence-electron chi connectivity index (χ4n) is 5.61. The maximum absolute atomic E-state index is 15.0. The van der Waals surface area contributed by atoms with E-state index in [1.807, 2.05) is 24.3 Å². The van der Waals surface area contributed by atoms with E-state index in [1.54, 1.807) is 12.1 Å². The molecule has 3 N–H and O–H groups in total. The first-order valence-corrected chi connectivity index (χ1v) is 16.4. The summed E-state index contributed by atoms with van der Waals surface area (Å²) >= 11 is 10.5. The summed E-state index contributed by atoms with van der Waals surface area (Å²) < 4.78 is 20.9. The normalized spacial score (nSPS) is 17.6. The van der Waals surface area contributed by atoms with Crippen LogP contribution in [0.15, 0.2) is 42.5 Å². The van der Waals surface area contributed by atoms with Crippen molar-refractivity contribution in [2.75, 3.05) is 30.8 Å². The van der Waals surface area contributed by atoms with E-state index < -0.39 is 0 Å². The second kappa shape index (κ2) is 18.8. The molecule has 1 aliphatic heterocycles. The van der Waals surface area contributed by atoms with E-state index in [-0.39, 0.29) is 29.8 Å². The zero-order valence-corrected chi connectivity index (χ0v) is 26.4. The van der Waals surface area contributed by atoms with E-state index in [1.165, 1.54) is 12.5 Å². The first-order valence-electron chi connectivity index (χ1n) is 15.4. The Labute approximate surface area is 257 Å². The van der Waals surface area contributed by atoms with Crippen molar-refractivity contribution >= 4 is 35.8 Å². The van der Waals surface area contributed by atoms with Crippen molar-refractivity contribution in [3.63, 3.8) is 0 Å². The number of likely N-dealkylation sites (N-methyl/N-ethyl adjacent to an activating group) is 1. The SMILES string of the molecule is CCNC(CCCS)CNC(C)CCc1c(F)cccc1NC(=O)CC(CCC1CCCCO1)c1ccc(Cl)cc1. The van der Waals surface area contributed by atoms with Crippen LogP contribution in [0.2, 0.25) is 5.02 Å². The van der Waals surface area contributed by atoms with Crippen molar-refractivity contribution < 1.29 is 13.9 Å². The van der Waals surface area contributed by atoms with Gasteiger partial charge in [0.2, 0.25) is 5.91 Å². The Morgan fingerprint density at radius 2 is 1.93 bits per heavy atom.